The van der Waals surface area contributed by atoms with Crippen LogP contribution in [-0.4, -0.2) is 4.98 Å². The quantitative estimate of drug-likeness (QED) is 0.693. The fourth-order valence-electron chi connectivity index (χ4n) is 1.53. The average Bonchev–Trinajstić information content (AvgIpc) is 2.82. The van der Waals surface area contributed by atoms with Gasteiger partial charge in [-0.25, -0.2) is 4.98 Å². The van der Waals surface area contributed by atoms with Gasteiger partial charge in [0.1, 0.15) is 11.8 Å². The molecule has 0 aliphatic rings. The van der Waals surface area contributed by atoms with Crippen LogP contribution in [0.15, 0.2) is 44.0 Å². The normalized spacial score (nSPS) is 11.1. The Kier molecular flexibility index (Phi) is 2.00. The van der Waals surface area contributed by atoms with Crippen molar-refractivity contribution >= 4 is 32.7 Å². The minimum absolute atomic E-state index is 0.508. The van der Waals surface area contributed by atoms with Gasteiger partial charge in [0.15, 0.2) is 5.58 Å². The smallest absolute Gasteiger partial charge is 0.230 e. The van der Waals surface area contributed by atoms with Crippen molar-refractivity contribution in [3.63, 3.8) is 0 Å². The van der Waals surface area contributed by atoms with Gasteiger partial charge < -0.3 is 14.6 Å². The highest BCUT2D eigenvalue weighted by molar-refractivity contribution is 9.10. The number of benzene rings is 1. The minimum Gasteiger partial charge on any atom is -0.472 e. The van der Waals surface area contributed by atoms with Crippen LogP contribution in [0.3, 0.4) is 0 Å². The van der Waals surface area contributed by atoms with Gasteiger partial charge in [-0.15, -0.1) is 0 Å². The largest absolute Gasteiger partial charge is 0.472 e. The molecule has 0 fully saturated rings. The molecule has 0 aliphatic heterocycles. The number of hydrogen-bond acceptors (Lipinski definition) is 4. The van der Waals surface area contributed by atoms with E-state index >= 15 is 0 Å². The van der Waals surface area contributed by atoms with Crippen molar-refractivity contribution in [1.29, 1.82) is 0 Å². The molecule has 5 heteroatoms. The van der Waals surface area contributed by atoms with Gasteiger partial charge >= 0.3 is 0 Å². The monoisotopic (exact) mass is 278 g/mol. The van der Waals surface area contributed by atoms with E-state index in [0.29, 0.717) is 17.2 Å². The first kappa shape index (κ1) is 9.47. The molecule has 0 saturated carbocycles. The Hall–Kier alpha value is -1.75. The summed E-state index contributed by atoms with van der Waals surface area (Å²) >= 11 is 3.36. The molecular weight excluding hydrogens is 272 g/mol. The van der Waals surface area contributed by atoms with Crippen LogP contribution >= 0.6 is 15.9 Å². The van der Waals surface area contributed by atoms with Gasteiger partial charge in [0, 0.05) is 4.47 Å². The standard InChI is InChI=1S/C11H7BrN2O2/c12-7-3-8(13)10-9(4-7)14-11(16-10)6-1-2-15-5-6/h1-5H,13H2. The summed E-state index contributed by atoms with van der Waals surface area (Å²) in [5, 5.41) is 0. The van der Waals surface area contributed by atoms with Crippen molar-refractivity contribution in [2.24, 2.45) is 0 Å². The molecule has 2 aromatic heterocycles. The van der Waals surface area contributed by atoms with E-state index in [-0.39, 0.29) is 0 Å². The van der Waals surface area contributed by atoms with Gasteiger partial charge in [-0.2, -0.15) is 0 Å². The molecule has 0 amide bonds. The first-order valence-corrected chi connectivity index (χ1v) is 5.41. The summed E-state index contributed by atoms with van der Waals surface area (Å²) in [5.74, 6) is 0.508. The molecular formula is C11H7BrN2O2. The molecule has 0 aliphatic carbocycles. The van der Waals surface area contributed by atoms with Gasteiger partial charge in [-0.1, -0.05) is 15.9 Å². The van der Waals surface area contributed by atoms with E-state index in [1.165, 1.54) is 0 Å². The number of hydrogen-bond donors (Lipinski definition) is 1. The molecule has 3 aromatic rings. The van der Waals surface area contributed by atoms with E-state index in [1.54, 1.807) is 24.7 Å². The van der Waals surface area contributed by atoms with E-state index in [4.69, 9.17) is 14.6 Å². The Morgan fingerprint density at radius 2 is 2.19 bits per heavy atom. The predicted octanol–water partition coefficient (Wildman–Crippen LogP) is 3.43. The zero-order valence-electron chi connectivity index (χ0n) is 8.11. The molecule has 3 rings (SSSR count). The molecule has 16 heavy (non-hydrogen) atoms. The molecule has 4 nitrogen and oxygen atoms in total. The van der Waals surface area contributed by atoms with Crippen molar-refractivity contribution in [2.75, 3.05) is 5.73 Å². The van der Waals surface area contributed by atoms with Crippen molar-refractivity contribution in [3.8, 4) is 11.5 Å². The van der Waals surface area contributed by atoms with Crippen LogP contribution in [0.4, 0.5) is 5.69 Å². The first-order valence-electron chi connectivity index (χ1n) is 4.62. The molecule has 0 saturated heterocycles. The highest BCUT2D eigenvalue weighted by atomic mass is 79.9. The third-order valence-electron chi connectivity index (χ3n) is 2.25. The third kappa shape index (κ3) is 1.40. The van der Waals surface area contributed by atoms with Gasteiger partial charge in [-0.3, -0.25) is 0 Å². The number of nitrogens with two attached hydrogens (primary N) is 1. The molecule has 2 heterocycles. The number of anilines is 1. The molecule has 0 spiro atoms. The van der Waals surface area contributed by atoms with Crippen molar-refractivity contribution in [3.05, 3.63) is 35.2 Å². The number of halogens is 1. The molecule has 80 valence electrons. The van der Waals surface area contributed by atoms with Crippen LogP contribution in [0.2, 0.25) is 0 Å². The van der Waals surface area contributed by atoms with Gasteiger partial charge in [0.25, 0.3) is 0 Å². The lowest BCUT2D eigenvalue weighted by Crippen LogP contribution is -1.84. The lowest BCUT2D eigenvalue weighted by Gasteiger charge is -1.93. The average molecular weight is 279 g/mol. The number of nitrogens with zero attached hydrogens (tertiary/aromatic N) is 1. The van der Waals surface area contributed by atoms with Crippen LogP contribution in [-0.2, 0) is 0 Å². The number of nitrogen functional groups attached to an aromatic ring is 1. The van der Waals surface area contributed by atoms with Crippen molar-refractivity contribution in [1.82, 2.24) is 4.98 Å². The third-order valence-corrected chi connectivity index (χ3v) is 2.71. The Labute approximate surface area is 99.2 Å². The number of furan rings is 1. The number of aromatic nitrogens is 1. The zero-order valence-corrected chi connectivity index (χ0v) is 9.69. The number of rotatable bonds is 1. The fraction of sp³-hybridized carbons (Fsp3) is 0. The molecule has 0 bridgehead atoms. The molecule has 0 atom stereocenters. The van der Waals surface area contributed by atoms with E-state index in [9.17, 15) is 0 Å². The summed E-state index contributed by atoms with van der Waals surface area (Å²) in [6, 6.07) is 5.43. The molecule has 2 N–H and O–H groups in total. The van der Waals surface area contributed by atoms with Gasteiger partial charge in [0.05, 0.1) is 17.5 Å². The molecule has 0 radical (unpaired) electrons. The Morgan fingerprint density at radius 3 is 2.94 bits per heavy atom. The zero-order chi connectivity index (χ0) is 11.1. The molecule has 0 unspecified atom stereocenters. The maximum absolute atomic E-state index is 5.84. The van der Waals surface area contributed by atoms with E-state index in [1.807, 2.05) is 6.07 Å². The maximum Gasteiger partial charge on any atom is 0.230 e. The summed E-state index contributed by atoms with van der Waals surface area (Å²) in [5.41, 5.74) is 8.52. The fourth-order valence-corrected chi connectivity index (χ4v) is 2.00. The van der Waals surface area contributed by atoms with Crippen molar-refractivity contribution < 1.29 is 8.83 Å². The molecule has 1 aromatic carbocycles. The second kappa shape index (κ2) is 3.38. The van der Waals surface area contributed by atoms with E-state index in [2.05, 4.69) is 20.9 Å². The van der Waals surface area contributed by atoms with Crippen LogP contribution in [0.1, 0.15) is 0 Å². The second-order valence-corrected chi connectivity index (χ2v) is 4.29. The highest BCUT2D eigenvalue weighted by Gasteiger charge is 2.11. The SMILES string of the molecule is Nc1cc(Br)cc2nc(-c3ccoc3)oc12. The topological polar surface area (TPSA) is 65.2 Å². The van der Waals surface area contributed by atoms with Gasteiger partial charge in [0.2, 0.25) is 5.89 Å². The van der Waals surface area contributed by atoms with E-state index in [0.717, 1.165) is 15.6 Å². The Balaban J connectivity index is 2.27. The van der Waals surface area contributed by atoms with Gasteiger partial charge in [-0.05, 0) is 18.2 Å². The minimum atomic E-state index is 0.508. The summed E-state index contributed by atoms with van der Waals surface area (Å²) in [7, 11) is 0. The highest BCUT2D eigenvalue weighted by Crippen LogP contribution is 2.30. The first-order chi connectivity index (χ1) is 7.74. The lowest BCUT2D eigenvalue weighted by atomic mass is 10.3. The lowest BCUT2D eigenvalue weighted by molar-refractivity contribution is 0.564. The summed E-state index contributed by atoms with van der Waals surface area (Å²) < 4.78 is 11.4. The summed E-state index contributed by atoms with van der Waals surface area (Å²) in [4.78, 5) is 4.34. The second-order valence-electron chi connectivity index (χ2n) is 3.37. The Bertz CT molecular complexity index is 643. The maximum atomic E-state index is 5.84. The van der Waals surface area contributed by atoms with E-state index < -0.39 is 0 Å². The predicted molar refractivity (Wildman–Crippen MR) is 63.8 cm³/mol. The number of oxazole rings is 1. The summed E-state index contributed by atoms with van der Waals surface area (Å²) in [6.45, 7) is 0. The van der Waals surface area contributed by atoms with Crippen LogP contribution < -0.4 is 5.73 Å². The van der Waals surface area contributed by atoms with Crippen molar-refractivity contribution in [2.45, 2.75) is 0 Å². The van der Waals surface area contributed by atoms with Crippen LogP contribution in [0.5, 0.6) is 0 Å². The summed E-state index contributed by atoms with van der Waals surface area (Å²) in [6.07, 6.45) is 3.15. The Morgan fingerprint density at radius 1 is 1.31 bits per heavy atom. The van der Waals surface area contributed by atoms with Crippen LogP contribution in [0, 0.1) is 0 Å². The van der Waals surface area contributed by atoms with Crippen LogP contribution in [0.25, 0.3) is 22.6 Å². The number of fused-ring (bicyclic) bond motifs is 1.